The Morgan fingerprint density at radius 3 is 2.75 bits per heavy atom. The van der Waals surface area contributed by atoms with Crippen LogP contribution in [0.5, 0.6) is 0 Å². The van der Waals surface area contributed by atoms with Gasteiger partial charge in [-0.15, -0.1) is 22.7 Å². The van der Waals surface area contributed by atoms with E-state index in [0.29, 0.717) is 18.5 Å². The third kappa shape index (κ3) is 2.50. The Bertz CT molecular complexity index is 582. The third-order valence-electron chi connectivity index (χ3n) is 4.01. The normalized spacial score (nSPS) is 18.4. The molecule has 0 saturated heterocycles. The van der Waals surface area contributed by atoms with Crippen molar-refractivity contribution in [3.8, 4) is 0 Å². The fourth-order valence-electron chi connectivity index (χ4n) is 2.61. The average Bonchev–Trinajstić information content (AvgIpc) is 3.39. The van der Waals surface area contributed by atoms with Gasteiger partial charge in [-0.1, -0.05) is 6.07 Å². The Kier molecular flexibility index (Phi) is 3.28. The number of rotatable bonds is 6. The van der Waals surface area contributed by atoms with Crippen molar-refractivity contribution in [2.45, 2.75) is 50.7 Å². The lowest BCUT2D eigenvalue weighted by Gasteiger charge is -2.20. The van der Waals surface area contributed by atoms with Crippen LogP contribution in [0.25, 0.3) is 0 Å². The minimum Gasteiger partial charge on any atom is -0.340 e. The molecule has 0 atom stereocenters. The zero-order valence-electron chi connectivity index (χ0n) is 11.4. The molecule has 3 nitrogen and oxygen atoms in total. The highest BCUT2D eigenvalue weighted by Gasteiger charge is 2.34. The lowest BCUT2D eigenvalue weighted by atomic mass is 10.2. The lowest BCUT2D eigenvalue weighted by Crippen LogP contribution is -2.24. The van der Waals surface area contributed by atoms with Crippen LogP contribution < -0.4 is 10.6 Å². The Balaban J connectivity index is 1.62. The summed E-state index contributed by atoms with van der Waals surface area (Å²) in [6.45, 7) is 1.64. The lowest BCUT2D eigenvalue weighted by molar-refractivity contribution is 0.793. The SMILES string of the molecule is NCc1sc(N(Cc2cccs2)C2CC2)nc1C1CC1. The van der Waals surface area contributed by atoms with Gasteiger partial charge in [0.15, 0.2) is 5.13 Å². The van der Waals surface area contributed by atoms with Crippen LogP contribution in [-0.4, -0.2) is 11.0 Å². The van der Waals surface area contributed by atoms with Gasteiger partial charge in [0.2, 0.25) is 0 Å². The first-order chi connectivity index (χ1) is 9.85. The third-order valence-corrected chi connectivity index (χ3v) is 6.00. The van der Waals surface area contributed by atoms with Gasteiger partial charge in [-0.25, -0.2) is 4.98 Å². The molecular weight excluding hydrogens is 286 g/mol. The number of hydrogen-bond acceptors (Lipinski definition) is 5. The molecule has 2 aliphatic carbocycles. The second kappa shape index (κ2) is 5.13. The Morgan fingerprint density at radius 2 is 2.15 bits per heavy atom. The Labute approximate surface area is 127 Å². The van der Waals surface area contributed by atoms with Gasteiger partial charge in [0, 0.05) is 28.3 Å². The highest BCUT2D eigenvalue weighted by molar-refractivity contribution is 7.15. The van der Waals surface area contributed by atoms with E-state index >= 15 is 0 Å². The molecular formula is C15H19N3S2. The molecule has 4 rings (SSSR count). The summed E-state index contributed by atoms with van der Waals surface area (Å²) in [6, 6.07) is 5.05. The van der Waals surface area contributed by atoms with Crippen molar-refractivity contribution >= 4 is 27.8 Å². The summed E-state index contributed by atoms with van der Waals surface area (Å²) in [6.07, 6.45) is 5.21. The maximum Gasteiger partial charge on any atom is 0.186 e. The van der Waals surface area contributed by atoms with E-state index in [-0.39, 0.29) is 0 Å². The number of nitrogens with zero attached hydrogens (tertiary/aromatic N) is 2. The van der Waals surface area contributed by atoms with E-state index in [0.717, 1.165) is 6.54 Å². The van der Waals surface area contributed by atoms with Crippen LogP contribution in [0.2, 0.25) is 0 Å². The molecule has 106 valence electrons. The molecule has 20 heavy (non-hydrogen) atoms. The quantitative estimate of drug-likeness (QED) is 0.884. The second-order valence-corrected chi connectivity index (χ2v) is 7.82. The average molecular weight is 305 g/mol. The van der Waals surface area contributed by atoms with Crippen molar-refractivity contribution in [3.05, 3.63) is 33.0 Å². The molecule has 0 unspecified atom stereocenters. The van der Waals surface area contributed by atoms with Crippen LogP contribution >= 0.6 is 22.7 Å². The van der Waals surface area contributed by atoms with Gasteiger partial charge >= 0.3 is 0 Å². The van der Waals surface area contributed by atoms with Crippen molar-refractivity contribution in [1.29, 1.82) is 0 Å². The number of thiophene rings is 1. The van der Waals surface area contributed by atoms with Gasteiger partial charge < -0.3 is 10.6 Å². The summed E-state index contributed by atoms with van der Waals surface area (Å²) in [5, 5.41) is 3.35. The summed E-state index contributed by atoms with van der Waals surface area (Å²) in [5.41, 5.74) is 7.21. The van der Waals surface area contributed by atoms with Crippen molar-refractivity contribution in [3.63, 3.8) is 0 Å². The van der Waals surface area contributed by atoms with Crippen LogP contribution in [0.4, 0.5) is 5.13 Å². The van der Waals surface area contributed by atoms with Gasteiger partial charge in [0.1, 0.15) is 0 Å². The van der Waals surface area contributed by atoms with Crippen LogP contribution in [0.3, 0.4) is 0 Å². The van der Waals surface area contributed by atoms with E-state index < -0.39 is 0 Å². The minimum absolute atomic E-state index is 0.640. The smallest absolute Gasteiger partial charge is 0.186 e. The van der Waals surface area contributed by atoms with Gasteiger partial charge in [-0.3, -0.25) is 0 Å². The Morgan fingerprint density at radius 1 is 1.30 bits per heavy atom. The molecule has 0 spiro atoms. The molecule has 2 heterocycles. The van der Waals surface area contributed by atoms with Crippen LogP contribution in [0.1, 0.15) is 47.0 Å². The summed E-state index contributed by atoms with van der Waals surface area (Å²) >= 11 is 3.66. The zero-order valence-corrected chi connectivity index (χ0v) is 13.1. The number of aromatic nitrogens is 1. The molecule has 2 aromatic rings. The highest BCUT2D eigenvalue weighted by Crippen LogP contribution is 2.45. The number of nitrogens with two attached hydrogens (primary N) is 1. The standard InChI is InChI=1S/C15H19N3S2/c16-8-13-14(10-3-4-10)17-15(20-13)18(11-5-6-11)9-12-2-1-7-19-12/h1-2,7,10-11H,3-6,8-9,16H2. The van der Waals surface area contributed by atoms with E-state index in [2.05, 4.69) is 22.4 Å². The van der Waals surface area contributed by atoms with Gasteiger partial charge in [-0.2, -0.15) is 0 Å². The summed E-state index contributed by atoms with van der Waals surface area (Å²) in [4.78, 5) is 10.2. The van der Waals surface area contributed by atoms with Crippen LogP contribution in [0, 0.1) is 0 Å². The van der Waals surface area contributed by atoms with E-state index in [1.54, 1.807) is 0 Å². The van der Waals surface area contributed by atoms with Crippen LogP contribution in [-0.2, 0) is 13.1 Å². The molecule has 2 N–H and O–H groups in total. The Hall–Kier alpha value is -0.910. The van der Waals surface area contributed by atoms with Crippen molar-refractivity contribution < 1.29 is 0 Å². The molecule has 0 aliphatic heterocycles. The maximum atomic E-state index is 5.91. The largest absolute Gasteiger partial charge is 0.340 e. The molecule has 0 aromatic carbocycles. The number of thiazole rings is 1. The van der Waals surface area contributed by atoms with Gasteiger partial charge in [0.25, 0.3) is 0 Å². The first-order valence-corrected chi connectivity index (χ1v) is 9.03. The molecule has 0 radical (unpaired) electrons. The van der Waals surface area contributed by atoms with E-state index in [9.17, 15) is 0 Å². The molecule has 0 amide bonds. The predicted octanol–water partition coefficient (Wildman–Crippen LogP) is 3.71. The highest BCUT2D eigenvalue weighted by atomic mass is 32.1. The molecule has 2 saturated carbocycles. The predicted molar refractivity (Wildman–Crippen MR) is 85.5 cm³/mol. The first kappa shape index (κ1) is 12.8. The van der Waals surface area contributed by atoms with Crippen molar-refractivity contribution in [1.82, 2.24) is 4.98 Å². The summed E-state index contributed by atoms with van der Waals surface area (Å²) in [5.74, 6) is 0.696. The fourth-order valence-corrected chi connectivity index (χ4v) is 4.40. The maximum absolute atomic E-state index is 5.91. The number of hydrogen-bond donors (Lipinski definition) is 1. The van der Waals surface area contributed by atoms with E-state index in [4.69, 9.17) is 10.7 Å². The van der Waals surface area contributed by atoms with Gasteiger partial charge in [-0.05, 0) is 37.1 Å². The monoisotopic (exact) mass is 305 g/mol. The van der Waals surface area contributed by atoms with Crippen LogP contribution in [0.15, 0.2) is 17.5 Å². The summed E-state index contributed by atoms with van der Waals surface area (Å²) < 4.78 is 0. The first-order valence-electron chi connectivity index (χ1n) is 7.34. The summed E-state index contributed by atoms with van der Waals surface area (Å²) in [7, 11) is 0. The van der Waals surface area contributed by atoms with Gasteiger partial charge in [0.05, 0.1) is 12.2 Å². The molecule has 5 heteroatoms. The minimum atomic E-state index is 0.640. The molecule has 0 bridgehead atoms. The van der Waals surface area contributed by atoms with E-state index in [1.807, 2.05) is 22.7 Å². The topological polar surface area (TPSA) is 42.1 Å². The second-order valence-electron chi connectivity index (χ2n) is 5.72. The molecule has 2 fully saturated rings. The zero-order chi connectivity index (χ0) is 13.5. The molecule has 2 aliphatic rings. The van der Waals surface area contributed by atoms with E-state index in [1.165, 1.54) is 46.3 Å². The molecule has 2 aromatic heterocycles. The number of anilines is 1. The van der Waals surface area contributed by atoms with Crippen molar-refractivity contribution in [2.75, 3.05) is 4.90 Å². The fraction of sp³-hybridized carbons (Fsp3) is 0.533. The van der Waals surface area contributed by atoms with Crippen molar-refractivity contribution in [2.24, 2.45) is 5.73 Å².